The summed E-state index contributed by atoms with van der Waals surface area (Å²) < 4.78 is 0. The summed E-state index contributed by atoms with van der Waals surface area (Å²) >= 11 is 0. The standard InChI is InChI=1S/C15H17NO/c1-10-6-7-13(9-15(10)11(2)16)12-4-3-5-14(17)8-12/h3-9,11,17H,16H2,1-2H3. The first kappa shape index (κ1) is 11.7. The summed E-state index contributed by atoms with van der Waals surface area (Å²) in [4.78, 5) is 0. The van der Waals surface area contributed by atoms with Crippen molar-refractivity contribution in [1.82, 2.24) is 0 Å². The Morgan fingerprint density at radius 1 is 1.06 bits per heavy atom. The van der Waals surface area contributed by atoms with E-state index in [1.54, 1.807) is 12.1 Å². The molecule has 1 atom stereocenters. The lowest BCUT2D eigenvalue weighted by Gasteiger charge is -2.12. The molecule has 0 bridgehead atoms. The lowest BCUT2D eigenvalue weighted by atomic mass is 9.96. The number of rotatable bonds is 2. The molecule has 0 aromatic heterocycles. The second-order valence-corrected chi connectivity index (χ2v) is 4.41. The third-order valence-electron chi connectivity index (χ3n) is 2.95. The molecule has 0 radical (unpaired) electrons. The van der Waals surface area contributed by atoms with Crippen LogP contribution >= 0.6 is 0 Å². The van der Waals surface area contributed by atoms with E-state index < -0.39 is 0 Å². The van der Waals surface area contributed by atoms with E-state index in [2.05, 4.69) is 25.1 Å². The molecule has 2 heteroatoms. The Hall–Kier alpha value is -1.80. The summed E-state index contributed by atoms with van der Waals surface area (Å²) in [6.45, 7) is 4.04. The minimum Gasteiger partial charge on any atom is -0.508 e. The molecule has 0 aliphatic rings. The van der Waals surface area contributed by atoms with E-state index in [4.69, 9.17) is 5.73 Å². The van der Waals surface area contributed by atoms with Crippen LogP contribution in [0, 0.1) is 6.92 Å². The van der Waals surface area contributed by atoms with Crippen molar-refractivity contribution in [3.05, 3.63) is 53.6 Å². The Bertz CT molecular complexity index is 532. The minimum atomic E-state index is 0.0206. The molecule has 0 amide bonds. The quantitative estimate of drug-likeness (QED) is 0.826. The first-order valence-corrected chi connectivity index (χ1v) is 5.73. The van der Waals surface area contributed by atoms with Crippen LogP contribution < -0.4 is 5.73 Å². The maximum absolute atomic E-state index is 9.48. The maximum Gasteiger partial charge on any atom is 0.116 e. The highest BCUT2D eigenvalue weighted by molar-refractivity contribution is 5.66. The maximum atomic E-state index is 9.48. The van der Waals surface area contributed by atoms with Crippen molar-refractivity contribution < 1.29 is 5.11 Å². The molecule has 1 unspecified atom stereocenters. The summed E-state index contributed by atoms with van der Waals surface area (Å²) in [7, 11) is 0. The van der Waals surface area contributed by atoms with Gasteiger partial charge in [-0.25, -0.2) is 0 Å². The average molecular weight is 227 g/mol. The Morgan fingerprint density at radius 2 is 1.76 bits per heavy atom. The molecule has 0 heterocycles. The summed E-state index contributed by atoms with van der Waals surface area (Å²) in [5.41, 5.74) is 10.4. The molecule has 88 valence electrons. The van der Waals surface area contributed by atoms with Crippen LogP contribution in [-0.4, -0.2) is 5.11 Å². The molecule has 3 N–H and O–H groups in total. The van der Waals surface area contributed by atoms with Gasteiger partial charge in [-0.05, 0) is 54.3 Å². The van der Waals surface area contributed by atoms with Gasteiger partial charge >= 0.3 is 0 Å². The molecule has 2 nitrogen and oxygen atoms in total. The van der Waals surface area contributed by atoms with Gasteiger partial charge < -0.3 is 10.8 Å². The summed E-state index contributed by atoms with van der Waals surface area (Å²) in [5, 5.41) is 9.48. The normalized spacial score (nSPS) is 12.4. The molecular weight excluding hydrogens is 210 g/mol. The van der Waals surface area contributed by atoms with Gasteiger partial charge in [-0.15, -0.1) is 0 Å². The monoisotopic (exact) mass is 227 g/mol. The topological polar surface area (TPSA) is 46.2 Å². The SMILES string of the molecule is Cc1ccc(-c2cccc(O)c2)cc1C(C)N. The van der Waals surface area contributed by atoms with Crippen LogP contribution in [0.2, 0.25) is 0 Å². The lowest BCUT2D eigenvalue weighted by molar-refractivity contribution is 0.475. The van der Waals surface area contributed by atoms with Gasteiger partial charge in [-0.2, -0.15) is 0 Å². The van der Waals surface area contributed by atoms with Gasteiger partial charge in [0.05, 0.1) is 0 Å². The van der Waals surface area contributed by atoms with Gasteiger partial charge in [-0.3, -0.25) is 0 Å². The van der Waals surface area contributed by atoms with Gasteiger partial charge in [-0.1, -0.05) is 24.3 Å². The number of hydrogen-bond donors (Lipinski definition) is 2. The van der Waals surface area contributed by atoms with E-state index in [9.17, 15) is 5.11 Å². The Labute approximate surface area is 102 Å². The average Bonchev–Trinajstić information content (AvgIpc) is 2.29. The van der Waals surface area contributed by atoms with E-state index in [0.717, 1.165) is 16.7 Å². The van der Waals surface area contributed by atoms with Crippen LogP contribution in [-0.2, 0) is 0 Å². The highest BCUT2D eigenvalue weighted by Crippen LogP contribution is 2.27. The fourth-order valence-electron chi connectivity index (χ4n) is 2.00. The predicted octanol–water partition coefficient (Wildman–Crippen LogP) is 3.39. The summed E-state index contributed by atoms with van der Waals surface area (Å²) in [6, 6.07) is 13.5. The fourth-order valence-corrected chi connectivity index (χ4v) is 2.00. The van der Waals surface area contributed by atoms with Crippen LogP contribution in [0.5, 0.6) is 5.75 Å². The second-order valence-electron chi connectivity index (χ2n) is 4.41. The fraction of sp³-hybridized carbons (Fsp3) is 0.200. The number of phenolic OH excluding ortho intramolecular Hbond substituents is 1. The first-order valence-electron chi connectivity index (χ1n) is 5.73. The van der Waals surface area contributed by atoms with Gasteiger partial charge in [0.1, 0.15) is 5.75 Å². The van der Waals surface area contributed by atoms with Gasteiger partial charge in [0, 0.05) is 6.04 Å². The van der Waals surface area contributed by atoms with Crippen LogP contribution in [0.3, 0.4) is 0 Å². The number of aromatic hydroxyl groups is 1. The zero-order chi connectivity index (χ0) is 12.4. The van der Waals surface area contributed by atoms with Crippen LogP contribution in [0.1, 0.15) is 24.1 Å². The van der Waals surface area contributed by atoms with Crippen molar-refractivity contribution in [3.63, 3.8) is 0 Å². The van der Waals surface area contributed by atoms with Crippen molar-refractivity contribution in [2.24, 2.45) is 5.73 Å². The highest BCUT2D eigenvalue weighted by atomic mass is 16.3. The number of hydrogen-bond acceptors (Lipinski definition) is 2. The zero-order valence-electron chi connectivity index (χ0n) is 10.1. The number of aryl methyl sites for hydroxylation is 1. The van der Waals surface area contributed by atoms with Crippen molar-refractivity contribution in [1.29, 1.82) is 0 Å². The molecule has 2 aromatic carbocycles. The molecule has 0 aliphatic carbocycles. The van der Waals surface area contributed by atoms with Crippen molar-refractivity contribution in [2.45, 2.75) is 19.9 Å². The minimum absolute atomic E-state index is 0.0206. The van der Waals surface area contributed by atoms with Gasteiger partial charge in [0.15, 0.2) is 0 Å². The molecular formula is C15H17NO. The number of benzene rings is 2. The Kier molecular flexibility index (Phi) is 3.16. The van der Waals surface area contributed by atoms with E-state index in [-0.39, 0.29) is 11.8 Å². The zero-order valence-corrected chi connectivity index (χ0v) is 10.1. The third kappa shape index (κ3) is 2.48. The van der Waals surface area contributed by atoms with E-state index >= 15 is 0 Å². The smallest absolute Gasteiger partial charge is 0.116 e. The molecule has 2 rings (SSSR count). The molecule has 0 spiro atoms. The van der Waals surface area contributed by atoms with E-state index in [0.29, 0.717) is 0 Å². The van der Waals surface area contributed by atoms with Crippen molar-refractivity contribution >= 4 is 0 Å². The summed E-state index contributed by atoms with van der Waals surface area (Å²) in [5.74, 6) is 0.283. The number of phenols is 1. The van der Waals surface area contributed by atoms with E-state index in [1.165, 1.54) is 5.56 Å². The predicted molar refractivity (Wildman–Crippen MR) is 70.9 cm³/mol. The third-order valence-corrected chi connectivity index (χ3v) is 2.95. The van der Waals surface area contributed by atoms with Gasteiger partial charge in [0.25, 0.3) is 0 Å². The van der Waals surface area contributed by atoms with Crippen LogP contribution in [0.4, 0.5) is 0 Å². The van der Waals surface area contributed by atoms with Crippen LogP contribution in [0.15, 0.2) is 42.5 Å². The van der Waals surface area contributed by atoms with E-state index in [1.807, 2.05) is 19.1 Å². The van der Waals surface area contributed by atoms with Crippen LogP contribution in [0.25, 0.3) is 11.1 Å². The van der Waals surface area contributed by atoms with Crippen molar-refractivity contribution in [2.75, 3.05) is 0 Å². The molecule has 17 heavy (non-hydrogen) atoms. The molecule has 0 saturated carbocycles. The molecule has 0 saturated heterocycles. The summed E-state index contributed by atoms with van der Waals surface area (Å²) in [6.07, 6.45) is 0. The Morgan fingerprint density at radius 3 is 2.41 bits per heavy atom. The van der Waals surface area contributed by atoms with Crippen molar-refractivity contribution in [3.8, 4) is 16.9 Å². The highest BCUT2D eigenvalue weighted by Gasteiger charge is 2.06. The Balaban J connectivity index is 2.50. The molecule has 2 aromatic rings. The second kappa shape index (κ2) is 4.60. The lowest BCUT2D eigenvalue weighted by Crippen LogP contribution is -2.06. The molecule has 0 aliphatic heterocycles. The first-order chi connectivity index (χ1) is 8.08. The number of nitrogens with two attached hydrogens (primary N) is 1. The van der Waals surface area contributed by atoms with Gasteiger partial charge in [0.2, 0.25) is 0 Å². The molecule has 0 fully saturated rings. The largest absolute Gasteiger partial charge is 0.508 e.